The summed E-state index contributed by atoms with van der Waals surface area (Å²) in [7, 11) is -4.21. The molecule has 1 aromatic heterocycles. The van der Waals surface area contributed by atoms with E-state index in [4.69, 9.17) is 10.2 Å². The van der Waals surface area contributed by atoms with E-state index in [0.29, 0.717) is 9.54 Å². The van der Waals surface area contributed by atoms with Gasteiger partial charge in [-0.05, 0) is 23.8 Å². The van der Waals surface area contributed by atoms with Crippen LogP contribution < -0.4 is 5.14 Å². The molecule has 0 aliphatic rings. The van der Waals surface area contributed by atoms with Gasteiger partial charge in [-0.3, -0.25) is 0 Å². The van der Waals surface area contributed by atoms with Gasteiger partial charge in [0.1, 0.15) is 5.82 Å². The van der Waals surface area contributed by atoms with E-state index in [9.17, 15) is 17.6 Å². The number of carboxylic acids is 1. The molecule has 19 heavy (non-hydrogen) atoms. The summed E-state index contributed by atoms with van der Waals surface area (Å²) in [4.78, 5) is 11.2. The molecule has 0 saturated carbocycles. The van der Waals surface area contributed by atoms with Crippen LogP contribution in [0.15, 0.2) is 36.5 Å². The Bertz CT molecular complexity index is 735. The van der Waals surface area contributed by atoms with Crippen molar-refractivity contribution in [2.75, 3.05) is 0 Å². The summed E-state index contributed by atoms with van der Waals surface area (Å²) in [5, 5.41) is 14.0. The molecule has 2 rings (SSSR count). The summed E-state index contributed by atoms with van der Waals surface area (Å²) in [6, 6.07) is 6.29. The zero-order chi connectivity index (χ0) is 14.2. The number of carbonyl (C=O) groups is 1. The summed E-state index contributed by atoms with van der Waals surface area (Å²) >= 11 is 0. The molecule has 0 fully saturated rings. The Kier molecular flexibility index (Phi) is 3.13. The predicted molar refractivity (Wildman–Crippen MR) is 65.3 cm³/mol. The average molecular weight is 284 g/mol. The monoisotopic (exact) mass is 284 g/mol. The van der Waals surface area contributed by atoms with E-state index in [0.717, 1.165) is 18.3 Å². The summed E-state index contributed by atoms with van der Waals surface area (Å²) in [6.07, 6.45) is 1.04. The number of hydrogen-bond donors (Lipinski definition) is 2. The van der Waals surface area contributed by atoms with E-state index in [1.165, 1.54) is 18.2 Å². The third-order valence-corrected chi connectivity index (χ3v) is 3.34. The molecular formula is C11H9FN2O4S. The van der Waals surface area contributed by atoms with Gasteiger partial charge in [-0.15, -0.1) is 0 Å². The lowest BCUT2D eigenvalue weighted by Crippen LogP contribution is -2.24. The van der Waals surface area contributed by atoms with Gasteiger partial charge in [-0.25, -0.2) is 18.3 Å². The van der Waals surface area contributed by atoms with Crippen LogP contribution in [0.1, 0.15) is 10.5 Å². The molecule has 0 aliphatic carbocycles. The maximum absolute atomic E-state index is 12.8. The zero-order valence-corrected chi connectivity index (χ0v) is 10.3. The van der Waals surface area contributed by atoms with Gasteiger partial charge in [-0.2, -0.15) is 8.42 Å². The topological polar surface area (TPSA) is 102 Å². The van der Waals surface area contributed by atoms with Crippen LogP contribution in [0.5, 0.6) is 0 Å². The summed E-state index contributed by atoms with van der Waals surface area (Å²) in [5.74, 6) is -1.93. The first-order valence-corrected chi connectivity index (χ1v) is 6.55. The van der Waals surface area contributed by atoms with Crippen molar-refractivity contribution in [3.8, 4) is 11.1 Å². The number of carboxylic acid groups (broad SMARTS) is 1. The molecule has 1 aromatic carbocycles. The fraction of sp³-hybridized carbons (Fsp3) is 0. The van der Waals surface area contributed by atoms with E-state index < -0.39 is 27.7 Å². The van der Waals surface area contributed by atoms with E-state index >= 15 is 0 Å². The van der Waals surface area contributed by atoms with Crippen molar-refractivity contribution >= 4 is 16.2 Å². The third kappa shape index (κ3) is 2.49. The highest BCUT2D eigenvalue weighted by Gasteiger charge is 2.22. The lowest BCUT2D eigenvalue weighted by Gasteiger charge is -2.05. The molecule has 6 nitrogen and oxygen atoms in total. The van der Waals surface area contributed by atoms with Gasteiger partial charge in [0.25, 0.3) is 0 Å². The second-order valence-electron chi connectivity index (χ2n) is 3.73. The Morgan fingerprint density at radius 1 is 1.21 bits per heavy atom. The van der Waals surface area contributed by atoms with E-state index in [1.54, 1.807) is 0 Å². The summed E-state index contributed by atoms with van der Waals surface area (Å²) < 4.78 is 35.8. The second-order valence-corrected chi connectivity index (χ2v) is 5.15. The van der Waals surface area contributed by atoms with Crippen molar-refractivity contribution in [2.45, 2.75) is 0 Å². The number of aromatic carboxylic acids is 1. The third-order valence-electron chi connectivity index (χ3n) is 2.48. The van der Waals surface area contributed by atoms with Gasteiger partial charge < -0.3 is 5.11 Å². The minimum Gasteiger partial charge on any atom is -0.477 e. The van der Waals surface area contributed by atoms with Crippen LogP contribution in [0.3, 0.4) is 0 Å². The Hall–Kier alpha value is -2.19. The number of rotatable bonds is 3. The molecule has 0 bridgehead atoms. The maximum atomic E-state index is 12.8. The minimum atomic E-state index is -4.21. The standard InChI is InChI=1S/C11H9FN2O4S/c12-8-3-1-7(2-4-8)9-5-6-14(19(13,17)18)10(9)11(15)16/h1-6H,(H,15,16)(H2,13,17,18). The molecule has 3 N–H and O–H groups in total. The molecule has 100 valence electrons. The van der Waals surface area contributed by atoms with Crippen LogP contribution in [0.25, 0.3) is 11.1 Å². The van der Waals surface area contributed by atoms with Crippen LogP contribution in [0.2, 0.25) is 0 Å². The molecule has 0 saturated heterocycles. The molecule has 0 radical (unpaired) electrons. The van der Waals surface area contributed by atoms with Crippen LogP contribution in [0, 0.1) is 5.82 Å². The average Bonchev–Trinajstić information content (AvgIpc) is 2.74. The molecule has 0 atom stereocenters. The van der Waals surface area contributed by atoms with Crippen LogP contribution in [0.4, 0.5) is 4.39 Å². The number of benzene rings is 1. The van der Waals surface area contributed by atoms with Gasteiger partial charge in [0.2, 0.25) is 0 Å². The highest BCUT2D eigenvalue weighted by Crippen LogP contribution is 2.25. The first-order chi connectivity index (χ1) is 8.80. The Balaban J connectivity index is 2.69. The van der Waals surface area contributed by atoms with Gasteiger partial charge in [0, 0.05) is 11.8 Å². The summed E-state index contributed by atoms with van der Waals surface area (Å²) in [6.45, 7) is 0. The van der Waals surface area contributed by atoms with E-state index in [1.807, 2.05) is 0 Å². The van der Waals surface area contributed by atoms with Crippen molar-refractivity contribution in [3.05, 3.63) is 48.0 Å². The fourth-order valence-electron chi connectivity index (χ4n) is 1.70. The van der Waals surface area contributed by atoms with Gasteiger partial charge in [0.15, 0.2) is 5.69 Å². The van der Waals surface area contributed by atoms with Crippen LogP contribution in [-0.4, -0.2) is 23.5 Å². The molecular weight excluding hydrogens is 275 g/mol. The van der Waals surface area contributed by atoms with Gasteiger partial charge in [0.05, 0.1) is 0 Å². The quantitative estimate of drug-likeness (QED) is 0.879. The van der Waals surface area contributed by atoms with Crippen LogP contribution in [-0.2, 0) is 10.2 Å². The maximum Gasteiger partial charge on any atom is 0.354 e. The summed E-state index contributed by atoms with van der Waals surface area (Å²) in [5.41, 5.74) is 0.0248. The number of hydrogen-bond acceptors (Lipinski definition) is 3. The first-order valence-electron chi connectivity index (χ1n) is 5.04. The van der Waals surface area contributed by atoms with Crippen molar-refractivity contribution < 1.29 is 22.7 Å². The zero-order valence-electron chi connectivity index (χ0n) is 9.45. The Morgan fingerprint density at radius 3 is 2.26 bits per heavy atom. The fourth-order valence-corrected chi connectivity index (χ4v) is 2.36. The lowest BCUT2D eigenvalue weighted by atomic mass is 10.1. The largest absolute Gasteiger partial charge is 0.477 e. The van der Waals surface area contributed by atoms with Crippen molar-refractivity contribution in [1.82, 2.24) is 3.97 Å². The number of nitrogens with zero attached hydrogens (tertiary/aromatic N) is 1. The molecule has 0 aliphatic heterocycles. The molecule has 0 spiro atoms. The number of nitrogens with two attached hydrogens (primary N) is 1. The van der Waals surface area contributed by atoms with Crippen molar-refractivity contribution in [2.24, 2.45) is 5.14 Å². The smallest absolute Gasteiger partial charge is 0.354 e. The minimum absolute atomic E-state index is 0.140. The highest BCUT2D eigenvalue weighted by molar-refractivity contribution is 7.87. The Morgan fingerprint density at radius 2 is 1.79 bits per heavy atom. The lowest BCUT2D eigenvalue weighted by molar-refractivity contribution is 0.0690. The second kappa shape index (κ2) is 4.48. The Labute approximate surface area is 108 Å². The molecule has 1 heterocycles. The number of halogens is 1. The normalized spacial score (nSPS) is 11.5. The van der Waals surface area contributed by atoms with Gasteiger partial charge >= 0.3 is 16.2 Å². The number of aromatic nitrogens is 1. The van der Waals surface area contributed by atoms with Gasteiger partial charge in [-0.1, -0.05) is 12.1 Å². The SMILES string of the molecule is NS(=O)(=O)n1ccc(-c2ccc(F)cc2)c1C(=O)O. The van der Waals surface area contributed by atoms with Crippen molar-refractivity contribution in [3.63, 3.8) is 0 Å². The molecule has 0 amide bonds. The highest BCUT2D eigenvalue weighted by atomic mass is 32.2. The van der Waals surface area contributed by atoms with E-state index in [-0.39, 0.29) is 5.56 Å². The molecule has 2 aromatic rings. The van der Waals surface area contributed by atoms with Crippen LogP contribution >= 0.6 is 0 Å². The first kappa shape index (κ1) is 13.2. The molecule has 8 heteroatoms. The molecule has 0 unspecified atom stereocenters. The van der Waals surface area contributed by atoms with E-state index in [2.05, 4.69) is 0 Å². The van der Waals surface area contributed by atoms with Crippen molar-refractivity contribution in [1.29, 1.82) is 0 Å². The predicted octanol–water partition coefficient (Wildman–Crippen LogP) is 1.04.